The normalized spacial score (nSPS) is 23.4. The van der Waals surface area contributed by atoms with Gasteiger partial charge in [0.2, 0.25) is 5.91 Å². The summed E-state index contributed by atoms with van der Waals surface area (Å²) in [6.07, 6.45) is 3.90. The van der Waals surface area contributed by atoms with E-state index >= 15 is 0 Å². The van der Waals surface area contributed by atoms with Crippen LogP contribution in [-0.4, -0.2) is 20.5 Å². The quantitative estimate of drug-likeness (QED) is 0.575. The van der Waals surface area contributed by atoms with Crippen molar-refractivity contribution in [3.05, 3.63) is 72.2 Å². The van der Waals surface area contributed by atoms with Crippen LogP contribution in [-0.2, 0) is 4.79 Å². The maximum Gasteiger partial charge on any atom is 0.247 e. The number of aromatic nitrogens is 2. The topological polar surface area (TPSA) is 66.6 Å². The van der Waals surface area contributed by atoms with E-state index in [2.05, 4.69) is 4.98 Å². The van der Waals surface area contributed by atoms with Gasteiger partial charge in [-0.05, 0) is 17.7 Å². The van der Waals surface area contributed by atoms with Crippen molar-refractivity contribution in [2.24, 2.45) is 5.92 Å². The molecular formula is C17H15N3O2. The summed E-state index contributed by atoms with van der Waals surface area (Å²) in [7, 11) is 0. The first-order valence-electron chi connectivity index (χ1n) is 7.22. The van der Waals surface area contributed by atoms with Crippen LogP contribution in [0.4, 0.5) is 0 Å². The number of rotatable bonds is 3. The fourth-order valence-electron chi connectivity index (χ4n) is 3.28. The third-order valence-electron chi connectivity index (χ3n) is 4.34. The lowest BCUT2D eigenvalue weighted by Gasteiger charge is -1.98. The molecule has 2 aromatic heterocycles. The summed E-state index contributed by atoms with van der Waals surface area (Å²) in [5, 5.41) is 8.99. The number of pyridine rings is 1. The number of fused-ring (bicyclic) bond motifs is 1. The highest BCUT2D eigenvalue weighted by atomic mass is 16.5. The molecule has 1 aliphatic rings. The van der Waals surface area contributed by atoms with Gasteiger partial charge in [-0.25, -0.2) is 10.5 Å². The zero-order valence-electron chi connectivity index (χ0n) is 11.8. The molecule has 1 amide bonds. The molecule has 110 valence electrons. The van der Waals surface area contributed by atoms with E-state index in [4.69, 9.17) is 5.21 Å². The number of nitrogens with one attached hydrogen (secondary N) is 1. The first-order chi connectivity index (χ1) is 10.8. The zero-order chi connectivity index (χ0) is 15.1. The molecule has 0 saturated heterocycles. The van der Waals surface area contributed by atoms with Gasteiger partial charge in [-0.15, -0.1) is 0 Å². The summed E-state index contributed by atoms with van der Waals surface area (Å²) >= 11 is 0. The van der Waals surface area contributed by atoms with Crippen molar-refractivity contribution in [2.45, 2.75) is 11.8 Å². The Morgan fingerprint density at radius 3 is 2.59 bits per heavy atom. The summed E-state index contributed by atoms with van der Waals surface area (Å²) in [5.41, 5.74) is 4.63. The number of hydrogen-bond donors (Lipinski definition) is 2. The average molecular weight is 293 g/mol. The van der Waals surface area contributed by atoms with E-state index in [0.717, 1.165) is 16.9 Å². The maximum absolute atomic E-state index is 12.0. The molecule has 1 fully saturated rings. The van der Waals surface area contributed by atoms with Crippen molar-refractivity contribution in [3.8, 4) is 0 Å². The number of imidazole rings is 1. The van der Waals surface area contributed by atoms with Crippen LogP contribution >= 0.6 is 0 Å². The van der Waals surface area contributed by atoms with Crippen LogP contribution in [0.15, 0.2) is 60.9 Å². The molecule has 1 aromatic carbocycles. The van der Waals surface area contributed by atoms with Crippen LogP contribution in [0.3, 0.4) is 0 Å². The predicted molar refractivity (Wildman–Crippen MR) is 80.5 cm³/mol. The number of benzene rings is 1. The smallest absolute Gasteiger partial charge is 0.247 e. The number of nitrogens with zero attached hydrogens (tertiary/aromatic N) is 2. The monoisotopic (exact) mass is 293 g/mol. The molecule has 0 bridgehead atoms. The number of carbonyl (C=O) groups excluding carboxylic acids is 1. The van der Waals surface area contributed by atoms with E-state index in [1.807, 2.05) is 65.3 Å². The second kappa shape index (κ2) is 4.96. The SMILES string of the molecule is O=C(NO)[C@@H]1[C@H](c2ccccc2)[C@H]1c1cn2ccccc2n1. The Morgan fingerprint density at radius 2 is 1.86 bits per heavy atom. The van der Waals surface area contributed by atoms with Gasteiger partial charge in [0.1, 0.15) is 5.65 Å². The van der Waals surface area contributed by atoms with Crippen LogP contribution in [0, 0.1) is 5.92 Å². The average Bonchev–Trinajstić information content (AvgIpc) is 3.17. The Labute approximate surface area is 127 Å². The van der Waals surface area contributed by atoms with Gasteiger partial charge in [0.15, 0.2) is 0 Å². The molecule has 0 aliphatic heterocycles. The number of hydrogen-bond acceptors (Lipinski definition) is 3. The highest BCUT2D eigenvalue weighted by Crippen LogP contribution is 2.60. The molecule has 0 spiro atoms. The second-order valence-electron chi connectivity index (χ2n) is 5.60. The first kappa shape index (κ1) is 13.0. The molecule has 2 heterocycles. The van der Waals surface area contributed by atoms with Gasteiger partial charge in [-0.3, -0.25) is 10.0 Å². The summed E-state index contributed by atoms with van der Waals surface area (Å²) in [5.74, 6) is -0.582. The lowest BCUT2D eigenvalue weighted by atomic mass is 10.1. The molecule has 5 heteroatoms. The summed E-state index contributed by atoms with van der Waals surface area (Å²) < 4.78 is 1.95. The zero-order valence-corrected chi connectivity index (χ0v) is 11.8. The van der Waals surface area contributed by atoms with Gasteiger partial charge in [0.05, 0.1) is 11.6 Å². The minimum atomic E-state index is -0.351. The first-order valence-corrected chi connectivity index (χ1v) is 7.22. The van der Waals surface area contributed by atoms with Gasteiger partial charge in [0, 0.05) is 24.2 Å². The summed E-state index contributed by atoms with van der Waals surface area (Å²) in [6, 6.07) is 15.7. The van der Waals surface area contributed by atoms with Crippen LogP contribution in [0.2, 0.25) is 0 Å². The number of amides is 1. The largest absolute Gasteiger partial charge is 0.307 e. The van der Waals surface area contributed by atoms with E-state index in [9.17, 15) is 4.79 Å². The molecule has 22 heavy (non-hydrogen) atoms. The van der Waals surface area contributed by atoms with E-state index in [0.29, 0.717) is 0 Å². The molecule has 0 radical (unpaired) electrons. The highest BCUT2D eigenvalue weighted by molar-refractivity contribution is 5.84. The number of hydroxylamine groups is 1. The third kappa shape index (κ3) is 1.98. The van der Waals surface area contributed by atoms with Crippen molar-refractivity contribution in [3.63, 3.8) is 0 Å². The standard InChI is InChI=1S/C17H15N3O2/c21-17(19-22)16-14(11-6-2-1-3-7-11)15(16)12-10-20-9-5-4-8-13(20)18-12/h1-10,14-16,22H,(H,19,21)/t14-,15-,16-/m1/s1. The van der Waals surface area contributed by atoms with Gasteiger partial charge >= 0.3 is 0 Å². The number of carbonyl (C=O) groups is 1. The third-order valence-corrected chi connectivity index (χ3v) is 4.34. The molecule has 1 aliphatic carbocycles. The molecule has 0 unspecified atom stereocenters. The lowest BCUT2D eigenvalue weighted by molar-refractivity contribution is -0.130. The van der Waals surface area contributed by atoms with E-state index in [-0.39, 0.29) is 23.7 Å². The van der Waals surface area contributed by atoms with E-state index in [1.165, 1.54) is 0 Å². The Balaban J connectivity index is 1.74. The fourth-order valence-corrected chi connectivity index (χ4v) is 3.28. The maximum atomic E-state index is 12.0. The molecule has 3 aromatic rings. The summed E-state index contributed by atoms with van der Waals surface area (Å²) in [6.45, 7) is 0. The Kier molecular flexibility index (Phi) is 2.94. The van der Waals surface area contributed by atoms with Crippen LogP contribution in [0.25, 0.3) is 5.65 Å². The molecular weight excluding hydrogens is 278 g/mol. The second-order valence-corrected chi connectivity index (χ2v) is 5.60. The van der Waals surface area contributed by atoms with Crippen molar-refractivity contribution in [1.29, 1.82) is 0 Å². The molecule has 3 atom stereocenters. The van der Waals surface area contributed by atoms with E-state index < -0.39 is 0 Å². The van der Waals surface area contributed by atoms with Gasteiger partial charge in [-0.1, -0.05) is 36.4 Å². The van der Waals surface area contributed by atoms with Crippen LogP contribution < -0.4 is 5.48 Å². The Hall–Kier alpha value is -2.66. The van der Waals surface area contributed by atoms with Gasteiger partial charge in [-0.2, -0.15) is 0 Å². The fraction of sp³-hybridized carbons (Fsp3) is 0.176. The molecule has 1 saturated carbocycles. The molecule has 2 N–H and O–H groups in total. The van der Waals surface area contributed by atoms with Crippen molar-refractivity contribution in [2.75, 3.05) is 0 Å². The van der Waals surface area contributed by atoms with Crippen molar-refractivity contribution in [1.82, 2.24) is 14.9 Å². The van der Waals surface area contributed by atoms with Crippen molar-refractivity contribution >= 4 is 11.6 Å². The minimum absolute atomic E-state index is 0.00514. The summed E-state index contributed by atoms with van der Waals surface area (Å²) in [4.78, 5) is 16.6. The highest BCUT2D eigenvalue weighted by Gasteiger charge is 2.57. The minimum Gasteiger partial charge on any atom is -0.307 e. The molecule has 5 nitrogen and oxygen atoms in total. The van der Waals surface area contributed by atoms with Gasteiger partial charge in [0.25, 0.3) is 0 Å². The van der Waals surface area contributed by atoms with Gasteiger partial charge < -0.3 is 4.40 Å². The van der Waals surface area contributed by atoms with Crippen molar-refractivity contribution < 1.29 is 10.0 Å². The van der Waals surface area contributed by atoms with Crippen LogP contribution in [0.1, 0.15) is 23.1 Å². The lowest BCUT2D eigenvalue weighted by Crippen LogP contribution is -2.21. The van der Waals surface area contributed by atoms with E-state index in [1.54, 1.807) is 5.48 Å². The molecule has 4 rings (SSSR count). The Bertz CT molecular complexity index is 795. The Morgan fingerprint density at radius 1 is 1.09 bits per heavy atom. The predicted octanol–water partition coefficient (Wildman–Crippen LogP) is 2.34. The van der Waals surface area contributed by atoms with Crippen LogP contribution in [0.5, 0.6) is 0 Å².